The molecular formula is C10H12ClNO. The summed E-state index contributed by atoms with van der Waals surface area (Å²) < 4.78 is 0. The number of carbonyl (C=O) groups excluding carboxylic acids is 1. The van der Waals surface area contributed by atoms with Crippen LogP contribution in [0, 0.1) is 0 Å². The zero-order valence-corrected chi connectivity index (χ0v) is 8.21. The van der Waals surface area contributed by atoms with Crippen LogP contribution in [0.15, 0.2) is 24.3 Å². The summed E-state index contributed by atoms with van der Waals surface area (Å²) in [6, 6.07) is 7.41. The van der Waals surface area contributed by atoms with E-state index in [1.54, 1.807) is 7.05 Å². The second-order valence-electron chi connectivity index (χ2n) is 2.87. The summed E-state index contributed by atoms with van der Waals surface area (Å²) in [6.45, 7) is 0. The molecule has 2 nitrogen and oxygen atoms in total. The van der Waals surface area contributed by atoms with Crippen LogP contribution in [-0.4, -0.2) is 19.4 Å². The molecular weight excluding hydrogens is 186 g/mol. The standard InChI is InChI=1S/C10H12ClNO/c1-12-10(7-13)6-8-3-2-4-9(11)5-8/h2-5,7,10,12H,6H2,1H3. The van der Waals surface area contributed by atoms with Gasteiger partial charge < -0.3 is 10.1 Å². The minimum Gasteiger partial charge on any atom is -0.311 e. The monoisotopic (exact) mass is 197 g/mol. The molecule has 0 fully saturated rings. The number of aldehydes is 1. The number of rotatable bonds is 4. The molecule has 0 radical (unpaired) electrons. The van der Waals surface area contributed by atoms with Gasteiger partial charge in [-0.2, -0.15) is 0 Å². The second kappa shape index (κ2) is 5.00. The highest BCUT2D eigenvalue weighted by Gasteiger charge is 2.04. The Balaban J connectivity index is 2.67. The molecule has 1 unspecified atom stereocenters. The molecule has 0 aliphatic rings. The van der Waals surface area contributed by atoms with Crippen molar-refractivity contribution in [3.63, 3.8) is 0 Å². The lowest BCUT2D eigenvalue weighted by atomic mass is 10.1. The topological polar surface area (TPSA) is 29.1 Å². The van der Waals surface area contributed by atoms with Gasteiger partial charge in [0.1, 0.15) is 6.29 Å². The van der Waals surface area contributed by atoms with Crippen LogP contribution in [0.3, 0.4) is 0 Å². The summed E-state index contributed by atoms with van der Waals surface area (Å²) in [6.07, 6.45) is 1.58. The van der Waals surface area contributed by atoms with Crippen molar-refractivity contribution in [2.45, 2.75) is 12.5 Å². The van der Waals surface area contributed by atoms with Gasteiger partial charge in [0.05, 0.1) is 6.04 Å². The molecule has 0 amide bonds. The smallest absolute Gasteiger partial charge is 0.137 e. The van der Waals surface area contributed by atoms with Gasteiger partial charge in [-0.3, -0.25) is 0 Å². The van der Waals surface area contributed by atoms with Crippen LogP contribution in [0.5, 0.6) is 0 Å². The normalized spacial score (nSPS) is 12.5. The van der Waals surface area contributed by atoms with E-state index in [1.807, 2.05) is 24.3 Å². The number of hydrogen-bond donors (Lipinski definition) is 1. The quantitative estimate of drug-likeness (QED) is 0.745. The van der Waals surface area contributed by atoms with Gasteiger partial charge in [-0.25, -0.2) is 0 Å². The summed E-state index contributed by atoms with van der Waals surface area (Å²) >= 11 is 5.81. The van der Waals surface area contributed by atoms with Crippen molar-refractivity contribution in [3.05, 3.63) is 34.9 Å². The first kappa shape index (κ1) is 10.2. The fourth-order valence-electron chi connectivity index (χ4n) is 1.14. The fourth-order valence-corrected chi connectivity index (χ4v) is 1.35. The number of halogens is 1. The van der Waals surface area contributed by atoms with Gasteiger partial charge in [0, 0.05) is 5.02 Å². The highest BCUT2D eigenvalue weighted by atomic mass is 35.5. The molecule has 1 atom stereocenters. The lowest BCUT2D eigenvalue weighted by molar-refractivity contribution is -0.109. The number of hydrogen-bond acceptors (Lipinski definition) is 2. The van der Waals surface area contributed by atoms with Gasteiger partial charge in [-0.15, -0.1) is 0 Å². The van der Waals surface area contributed by atoms with Gasteiger partial charge in [-0.1, -0.05) is 23.7 Å². The maximum Gasteiger partial charge on any atom is 0.137 e. The van der Waals surface area contributed by atoms with Crippen LogP contribution < -0.4 is 5.32 Å². The van der Waals surface area contributed by atoms with Gasteiger partial charge in [0.25, 0.3) is 0 Å². The zero-order chi connectivity index (χ0) is 9.68. The van der Waals surface area contributed by atoms with Crippen molar-refractivity contribution in [2.75, 3.05) is 7.05 Å². The Kier molecular flexibility index (Phi) is 3.93. The first-order valence-corrected chi connectivity index (χ1v) is 4.51. The zero-order valence-electron chi connectivity index (χ0n) is 7.46. The lowest BCUT2D eigenvalue weighted by Crippen LogP contribution is -2.28. The van der Waals surface area contributed by atoms with Gasteiger partial charge in [0.2, 0.25) is 0 Å². The van der Waals surface area contributed by atoms with E-state index in [9.17, 15) is 4.79 Å². The maximum atomic E-state index is 10.5. The van der Waals surface area contributed by atoms with Crippen molar-refractivity contribution in [3.8, 4) is 0 Å². The number of benzene rings is 1. The average molecular weight is 198 g/mol. The highest BCUT2D eigenvalue weighted by molar-refractivity contribution is 6.30. The molecule has 1 rings (SSSR count). The Labute approximate surface area is 82.9 Å². The van der Waals surface area contributed by atoms with Gasteiger partial charge in [-0.05, 0) is 31.2 Å². The molecule has 0 aliphatic heterocycles. The van der Waals surface area contributed by atoms with Gasteiger partial charge >= 0.3 is 0 Å². The summed E-state index contributed by atoms with van der Waals surface area (Å²) in [4.78, 5) is 10.5. The molecule has 0 aromatic heterocycles. The van der Waals surface area contributed by atoms with Crippen LogP contribution in [-0.2, 0) is 11.2 Å². The predicted molar refractivity (Wildman–Crippen MR) is 54.1 cm³/mol. The lowest BCUT2D eigenvalue weighted by Gasteiger charge is -2.08. The molecule has 0 bridgehead atoms. The van der Waals surface area contributed by atoms with Crippen molar-refractivity contribution in [1.82, 2.24) is 5.32 Å². The molecule has 1 N–H and O–H groups in total. The van der Waals surface area contributed by atoms with E-state index in [0.717, 1.165) is 11.8 Å². The molecule has 0 aliphatic carbocycles. The minimum atomic E-state index is -0.126. The highest BCUT2D eigenvalue weighted by Crippen LogP contribution is 2.11. The van der Waals surface area contributed by atoms with E-state index < -0.39 is 0 Å². The number of carbonyl (C=O) groups is 1. The molecule has 1 aromatic rings. The maximum absolute atomic E-state index is 10.5. The third kappa shape index (κ3) is 3.17. The fraction of sp³-hybridized carbons (Fsp3) is 0.300. The van der Waals surface area contributed by atoms with E-state index in [0.29, 0.717) is 11.4 Å². The molecule has 0 saturated carbocycles. The molecule has 1 aromatic carbocycles. The van der Waals surface area contributed by atoms with E-state index in [2.05, 4.69) is 5.32 Å². The van der Waals surface area contributed by atoms with Crippen LogP contribution in [0.4, 0.5) is 0 Å². The van der Waals surface area contributed by atoms with Crippen molar-refractivity contribution < 1.29 is 4.79 Å². The number of nitrogens with one attached hydrogen (secondary N) is 1. The average Bonchev–Trinajstić information content (AvgIpc) is 2.14. The van der Waals surface area contributed by atoms with Crippen molar-refractivity contribution >= 4 is 17.9 Å². The Morgan fingerprint density at radius 2 is 2.38 bits per heavy atom. The third-order valence-electron chi connectivity index (χ3n) is 1.88. The molecule has 70 valence electrons. The summed E-state index contributed by atoms with van der Waals surface area (Å²) in [7, 11) is 1.77. The Bertz CT molecular complexity index is 288. The Morgan fingerprint density at radius 1 is 1.62 bits per heavy atom. The van der Waals surface area contributed by atoms with Crippen LogP contribution in [0.25, 0.3) is 0 Å². The van der Waals surface area contributed by atoms with Crippen LogP contribution in [0.1, 0.15) is 5.56 Å². The van der Waals surface area contributed by atoms with E-state index in [1.165, 1.54) is 0 Å². The summed E-state index contributed by atoms with van der Waals surface area (Å²) in [5.41, 5.74) is 1.07. The molecule has 0 spiro atoms. The first-order valence-electron chi connectivity index (χ1n) is 4.13. The first-order chi connectivity index (χ1) is 6.26. The summed E-state index contributed by atoms with van der Waals surface area (Å²) in [5.74, 6) is 0. The van der Waals surface area contributed by atoms with E-state index in [-0.39, 0.29) is 6.04 Å². The number of likely N-dealkylation sites (N-methyl/N-ethyl adjacent to an activating group) is 1. The Hall–Kier alpha value is -0.860. The summed E-state index contributed by atoms with van der Waals surface area (Å²) in [5, 5.41) is 3.62. The van der Waals surface area contributed by atoms with Crippen LogP contribution in [0.2, 0.25) is 5.02 Å². The second-order valence-corrected chi connectivity index (χ2v) is 3.30. The predicted octanol–water partition coefficient (Wildman–Crippen LogP) is 1.67. The van der Waals surface area contributed by atoms with E-state index in [4.69, 9.17) is 11.6 Å². The minimum absolute atomic E-state index is 0.126. The van der Waals surface area contributed by atoms with Crippen molar-refractivity contribution in [1.29, 1.82) is 0 Å². The SMILES string of the molecule is CNC(C=O)Cc1cccc(Cl)c1. The molecule has 13 heavy (non-hydrogen) atoms. The van der Waals surface area contributed by atoms with Crippen molar-refractivity contribution in [2.24, 2.45) is 0 Å². The van der Waals surface area contributed by atoms with Crippen LogP contribution >= 0.6 is 11.6 Å². The van der Waals surface area contributed by atoms with Gasteiger partial charge in [0.15, 0.2) is 0 Å². The van der Waals surface area contributed by atoms with E-state index >= 15 is 0 Å². The molecule has 0 saturated heterocycles. The molecule has 3 heteroatoms. The molecule has 0 heterocycles. The largest absolute Gasteiger partial charge is 0.311 e. The Morgan fingerprint density at radius 3 is 2.92 bits per heavy atom. The third-order valence-corrected chi connectivity index (χ3v) is 2.11.